The van der Waals surface area contributed by atoms with E-state index >= 15 is 0 Å². The van der Waals surface area contributed by atoms with Crippen molar-refractivity contribution in [1.82, 2.24) is 0 Å². The Kier molecular flexibility index (Phi) is 5.28. The highest BCUT2D eigenvalue weighted by atomic mass is 32.1. The van der Waals surface area contributed by atoms with Crippen molar-refractivity contribution in [2.75, 3.05) is 12.9 Å². The monoisotopic (exact) mass is 334 g/mol. The lowest BCUT2D eigenvalue weighted by Gasteiger charge is -2.32. The van der Waals surface area contributed by atoms with Crippen LogP contribution in [0.25, 0.3) is 6.08 Å². The van der Waals surface area contributed by atoms with Crippen LogP contribution in [-0.4, -0.2) is 37.5 Å². The fourth-order valence-electron chi connectivity index (χ4n) is 2.29. The smallest absolute Gasteiger partial charge is 0.491 e. The van der Waals surface area contributed by atoms with Crippen LogP contribution in [0, 0.1) is 0 Å². The molecule has 0 radical (unpaired) electrons. The topological polar surface area (TPSA) is 44.8 Å². The van der Waals surface area contributed by atoms with Gasteiger partial charge in [0.15, 0.2) is 6.29 Å². The van der Waals surface area contributed by atoms with Crippen LogP contribution < -0.4 is 4.74 Å². The van der Waals surface area contributed by atoms with Gasteiger partial charge in [0.1, 0.15) is 5.75 Å². The molecular formula is C17H23BO4S. The van der Waals surface area contributed by atoms with Gasteiger partial charge in [-0.1, -0.05) is 6.08 Å². The predicted octanol–water partition coefficient (Wildman–Crippen LogP) is 3.45. The Bertz CT molecular complexity index is 609. The van der Waals surface area contributed by atoms with Crippen LogP contribution in [0.1, 0.15) is 43.6 Å². The molecule has 2 rings (SSSR count). The van der Waals surface area contributed by atoms with Crippen LogP contribution in [0.3, 0.4) is 0 Å². The van der Waals surface area contributed by atoms with Gasteiger partial charge < -0.3 is 14.0 Å². The van der Waals surface area contributed by atoms with Gasteiger partial charge in [0.05, 0.1) is 18.3 Å². The first-order valence-electron chi connectivity index (χ1n) is 7.54. The van der Waals surface area contributed by atoms with Gasteiger partial charge in [-0.2, -0.15) is 12.6 Å². The van der Waals surface area contributed by atoms with Crippen molar-refractivity contribution in [2.45, 2.75) is 38.9 Å². The molecule has 4 nitrogen and oxygen atoms in total. The summed E-state index contributed by atoms with van der Waals surface area (Å²) in [6.45, 7) is 8.02. The summed E-state index contributed by atoms with van der Waals surface area (Å²) in [6.07, 6.45) is 2.72. The van der Waals surface area contributed by atoms with E-state index < -0.39 is 18.3 Å². The van der Waals surface area contributed by atoms with Gasteiger partial charge in [-0.3, -0.25) is 4.79 Å². The van der Waals surface area contributed by atoms with Crippen molar-refractivity contribution < 1.29 is 18.8 Å². The van der Waals surface area contributed by atoms with E-state index in [1.165, 1.54) is 0 Å². The normalized spacial score (nSPS) is 19.7. The molecular weight excluding hydrogens is 311 g/mol. The number of methoxy groups -OCH3 is 1. The molecule has 0 bridgehead atoms. The van der Waals surface area contributed by atoms with E-state index in [4.69, 9.17) is 14.0 Å². The average Bonchev–Trinajstić information content (AvgIpc) is 2.72. The summed E-state index contributed by atoms with van der Waals surface area (Å²) in [5.74, 6) is 1.15. The van der Waals surface area contributed by atoms with E-state index in [0.717, 1.165) is 17.3 Å². The van der Waals surface area contributed by atoms with E-state index in [1.54, 1.807) is 19.2 Å². The Morgan fingerprint density at radius 1 is 1.22 bits per heavy atom. The molecule has 0 atom stereocenters. The number of rotatable bonds is 5. The molecule has 0 aromatic heterocycles. The Morgan fingerprint density at radius 3 is 2.30 bits per heavy atom. The molecule has 1 heterocycles. The Hall–Kier alpha value is -1.24. The molecule has 1 aromatic carbocycles. The molecule has 0 aliphatic carbocycles. The lowest BCUT2D eigenvalue weighted by Crippen LogP contribution is -2.41. The minimum Gasteiger partial charge on any atom is -0.497 e. The number of benzene rings is 1. The van der Waals surface area contributed by atoms with E-state index in [0.29, 0.717) is 17.1 Å². The average molecular weight is 334 g/mol. The summed E-state index contributed by atoms with van der Waals surface area (Å²) in [4.78, 5) is 11.3. The number of thiol groups is 1. The van der Waals surface area contributed by atoms with Crippen molar-refractivity contribution >= 4 is 32.1 Å². The summed E-state index contributed by atoms with van der Waals surface area (Å²) < 4.78 is 17.4. The second kappa shape index (κ2) is 6.71. The zero-order valence-corrected chi connectivity index (χ0v) is 15.1. The van der Waals surface area contributed by atoms with Crippen molar-refractivity contribution in [2.24, 2.45) is 0 Å². The van der Waals surface area contributed by atoms with Crippen LogP contribution in [0.2, 0.25) is 0 Å². The zero-order chi connectivity index (χ0) is 17.3. The first kappa shape index (κ1) is 18.1. The van der Waals surface area contributed by atoms with Crippen LogP contribution in [0.5, 0.6) is 5.75 Å². The third-order valence-electron chi connectivity index (χ3n) is 4.50. The van der Waals surface area contributed by atoms with Crippen LogP contribution in [0.4, 0.5) is 0 Å². The maximum atomic E-state index is 11.3. The third-order valence-corrected chi connectivity index (χ3v) is 4.87. The Labute approximate surface area is 143 Å². The molecule has 0 N–H and O–H groups in total. The molecule has 0 spiro atoms. The van der Waals surface area contributed by atoms with Crippen molar-refractivity contribution in [1.29, 1.82) is 0 Å². The summed E-state index contributed by atoms with van der Waals surface area (Å²) in [6, 6.07) is 5.31. The molecule has 0 unspecified atom stereocenters. The maximum Gasteiger partial charge on any atom is 0.491 e. The number of carbonyl (C=O) groups excluding carboxylic acids is 1. The summed E-state index contributed by atoms with van der Waals surface area (Å²) in [7, 11) is 1.11. The van der Waals surface area contributed by atoms with E-state index in [2.05, 4.69) is 12.6 Å². The molecule has 1 aromatic rings. The predicted molar refractivity (Wildman–Crippen MR) is 96.3 cm³/mol. The third kappa shape index (κ3) is 3.65. The quantitative estimate of drug-likeness (QED) is 0.509. The minimum atomic E-state index is -0.483. The van der Waals surface area contributed by atoms with Crippen LogP contribution in [-0.2, 0) is 9.31 Å². The second-order valence-electron chi connectivity index (χ2n) is 6.58. The molecule has 1 fully saturated rings. The number of carbonyl (C=O) groups is 1. The molecule has 0 amide bonds. The number of hydrogen-bond acceptors (Lipinski definition) is 5. The second-order valence-corrected chi connectivity index (χ2v) is 6.89. The van der Waals surface area contributed by atoms with Crippen LogP contribution in [0.15, 0.2) is 23.7 Å². The standard InChI is InChI=1S/C17H23BO4S/c1-16(2)17(3,4)22-18(21-16)14(11-23)8-13-9-15(20-5)7-6-12(13)10-19/h6-10,23H,11H2,1-5H3. The van der Waals surface area contributed by atoms with E-state index in [-0.39, 0.29) is 0 Å². The first-order valence-corrected chi connectivity index (χ1v) is 8.17. The highest BCUT2D eigenvalue weighted by Crippen LogP contribution is 2.39. The van der Waals surface area contributed by atoms with Crippen molar-refractivity contribution in [3.63, 3.8) is 0 Å². The van der Waals surface area contributed by atoms with Gasteiger partial charge in [-0.15, -0.1) is 0 Å². The molecule has 6 heteroatoms. The number of hydrogen-bond donors (Lipinski definition) is 1. The molecule has 23 heavy (non-hydrogen) atoms. The largest absolute Gasteiger partial charge is 0.497 e. The summed E-state index contributed by atoms with van der Waals surface area (Å²) in [5.41, 5.74) is 1.38. The van der Waals surface area contributed by atoms with Gasteiger partial charge in [0, 0.05) is 11.3 Å². The van der Waals surface area contributed by atoms with Gasteiger partial charge in [0.2, 0.25) is 0 Å². The highest BCUT2D eigenvalue weighted by Gasteiger charge is 2.52. The minimum absolute atomic E-state index is 0.415. The molecule has 0 saturated carbocycles. The summed E-state index contributed by atoms with van der Waals surface area (Å²) >= 11 is 4.40. The first-order chi connectivity index (χ1) is 10.7. The van der Waals surface area contributed by atoms with Crippen LogP contribution >= 0.6 is 12.6 Å². The van der Waals surface area contributed by atoms with Gasteiger partial charge in [-0.25, -0.2) is 0 Å². The fourth-order valence-corrected chi connectivity index (χ4v) is 2.53. The van der Waals surface area contributed by atoms with Gasteiger partial charge in [-0.05, 0) is 56.9 Å². The molecule has 1 saturated heterocycles. The van der Waals surface area contributed by atoms with Gasteiger partial charge in [0.25, 0.3) is 0 Å². The SMILES string of the molecule is COc1ccc(C=O)c(C=C(CS)B2OC(C)(C)C(C)(C)O2)c1. The van der Waals surface area contributed by atoms with Gasteiger partial charge >= 0.3 is 7.12 Å². The zero-order valence-electron chi connectivity index (χ0n) is 14.3. The van der Waals surface area contributed by atoms with Crippen molar-refractivity contribution in [3.05, 3.63) is 34.8 Å². The fraction of sp³-hybridized carbons (Fsp3) is 0.471. The lowest BCUT2D eigenvalue weighted by atomic mass is 9.78. The Morgan fingerprint density at radius 2 is 1.83 bits per heavy atom. The number of ether oxygens (including phenoxy) is 1. The molecule has 1 aliphatic heterocycles. The van der Waals surface area contributed by atoms with E-state index in [1.807, 2.05) is 39.8 Å². The van der Waals surface area contributed by atoms with Crippen molar-refractivity contribution in [3.8, 4) is 5.75 Å². The number of aldehydes is 1. The molecule has 1 aliphatic rings. The highest BCUT2D eigenvalue weighted by molar-refractivity contribution is 7.80. The summed E-state index contributed by atoms with van der Waals surface area (Å²) in [5, 5.41) is 0. The maximum absolute atomic E-state index is 11.3. The molecule has 124 valence electrons. The lowest BCUT2D eigenvalue weighted by molar-refractivity contribution is 0.00578. The Balaban J connectivity index is 2.39. The van der Waals surface area contributed by atoms with E-state index in [9.17, 15) is 4.79 Å².